The minimum Gasteiger partial charge on any atom is -0.381 e. The van der Waals surface area contributed by atoms with Gasteiger partial charge >= 0.3 is 6.03 Å². The van der Waals surface area contributed by atoms with Gasteiger partial charge in [-0.3, -0.25) is 4.90 Å². The zero-order chi connectivity index (χ0) is 15.1. The Morgan fingerprint density at radius 2 is 1.90 bits per heavy atom. The van der Waals surface area contributed by atoms with Crippen LogP contribution in [-0.2, 0) is 10.2 Å². The molecule has 114 valence electrons. The Morgan fingerprint density at radius 3 is 2.57 bits per heavy atom. The highest BCUT2D eigenvalue weighted by Crippen LogP contribution is 2.46. The number of benzene rings is 1. The molecule has 1 aromatic carbocycles. The third-order valence-electron chi connectivity index (χ3n) is 4.40. The summed E-state index contributed by atoms with van der Waals surface area (Å²) >= 11 is 0. The summed E-state index contributed by atoms with van der Waals surface area (Å²) in [5.41, 5.74) is 2.21. The van der Waals surface area contributed by atoms with Crippen LogP contribution < -0.4 is 10.2 Å². The number of fused-ring (bicyclic) bond motifs is 2. The van der Waals surface area contributed by atoms with E-state index in [9.17, 15) is 4.79 Å². The van der Waals surface area contributed by atoms with Gasteiger partial charge in [-0.1, -0.05) is 18.2 Å². The molecule has 1 fully saturated rings. The maximum atomic E-state index is 12.6. The molecule has 0 saturated carbocycles. The van der Waals surface area contributed by atoms with Crippen molar-refractivity contribution in [3.8, 4) is 0 Å². The second-order valence-electron chi connectivity index (χ2n) is 7.18. The van der Waals surface area contributed by atoms with Gasteiger partial charge in [-0.15, -0.1) is 0 Å². The van der Waals surface area contributed by atoms with E-state index in [0.29, 0.717) is 0 Å². The maximum absolute atomic E-state index is 12.6. The molecule has 2 aliphatic rings. The number of carbonyl (C=O) groups is 1. The minimum absolute atomic E-state index is 0.00156. The van der Waals surface area contributed by atoms with Crippen molar-refractivity contribution in [1.29, 1.82) is 0 Å². The summed E-state index contributed by atoms with van der Waals surface area (Å²) in [5, 5.41) is 3.08. The number of rotatable bonds is 0. The Hall–Kier alpha value is -1.55. The molecule has 0 bridgehead atoms. The molecule has 0 radical (unpaired) electrons. The van der Waals surface area contributed by atoms with Crippen molar-refractivity contribution in [1.82, 2.24) is 5.32 Å². The van der Waals surface area contributed by atoms with E-state index in [4.69, 9.17) is 4.74 Å². The van der Waals surface area contributed by atoms with Crippen molar-refractivity contribution in [2.45, 2.75) is 44.6 Å². The van der Waals surface area contributed by atoms with Gasteiger partial charge < -0.3 is 10.1 Å². The summed E-state index contributed by atoms with van der Waals surface area (Å²) in [5.74, 6) is 0. The lowest BCUT2D eigenvalue weighted by Crippen LogP contribution is -2.50. The molecule has 0 aromatic heterocycles. The number of hydrogen-bond donors (Lipinski definition) is 1. The number of amides is 2. The van der Waals surface area contributed by atoms with Crippen LogP contribution in [0.1, 0.15) is 39.2 Å². The van der Waals surface area contributed by atoms with Gasteiger partial charge in [0.1, 0.15) is 0 Å². The SMILES string of the molecule is CC(C)(C)NC(=O)N1CC2(CCOCC2)c2ccccc21. The molecule has 4 heteroatoms. The monoisotopic (exact) mass is 288 g/mol. The summed E-state index contributed by atoms with van der Waals surface area (Å²) in [6.45, 7) is 8.36. The zero-order valence-corrected chi connectivity index (χ0v) is 13.1. The number of ether oxygens (including phenoxy) is 1. The first-order valence-corrected chi connectivity index (χ1v) is 7.68. The first kappa shape index (κ1) is 14.4. The second kappa shape index (κ2) is 5.02. The average Bonchev–Trinajstić information content (AvgIpc) is 2.74. The van der Waals surface area contributed by atoms with Crippen molar-refractivity contribution < 1.29 is 9.53 Å². The maximum Gasteiger partial charge on any atom is 0.322 e. The van der Waals surface area contributed by atoms with E-state index in [1.807, 2.05) is 31.7 Å². The lowest BCUT2D eigenvalue weighted by molar-refractivity contribution is 0.0555. The van der Waals surface area contributed by atoms with E-state index in [0.717, 1.165) is 38.3 Å². The molecular weight excluding hydrogens is 264 g/mol. The van der Waals surface area contributed by atoms with Crippen LogP contribution >= 0.6 is 0 Å². The molecular formula is C17H24N2O2. The molecule has 1 spiro atoms. The van der Waals surface area contributed by atoms with E-state index in [1.165, 1.54) is 5.56 Å². The van der Waals surface area contributed by atoms with Crippen LogP contribution in [0.25, 0.3) is 0 Å². The molecule has 1 saturated heterocycles. The number of para-hydroxylation sites is 1. The number of anilines is 1. The molecule has 2 amide bonds. The Balaban J connectivity index is 1.93. The molecule has 21 heavy (non-hydrogen) atoms. The van der Waals surface area contributed by atoms with Gasteiger partial charge in [0.05, 0.1) is 0 Å². The van der Waals surface area contributed by atoms with Gasteiger partial charge in [0.2, 0.25) is 0 Å². The first-order valence-electron chi connectivity index (χ1n) is 7.68. The van der Waals surface area contributed by atoms with E-state index in [2.05, 4.69) is 23.5 Å². The third-order valence-corrected chi connectivity index (χ3v) is 4.40. The fraction of sp³-hybridized carbons (Fsp3) is 0.588. The minimum atomic E-state index is -0.225. The predicted molar refractivity (Wildman–Crippen MR) is 83.8 cm³/mol. The van der Waals surface area contributed by atoms with Crippen LogP contribution in [0.5, 0.6) is 0 Å². The largest absolute Gasteiger partial charge is 0.381 e. The van der Waals surface area contributed by atoms with Crippen LogP contribution in [0, 0.1) is 0 Å². The van der Waals surface area contributed by atoms with E-state index < -0.39 is 0 Å². The molecule has 2 heterocycles. The second-order valence-corrected chi connectivity index (χ2v) is 7.18. The van der Waals surface area contributed by atoms with E-state index in [-0.39, 0.29) is 17.0 Å². The van der Waals surface area contributed by atoms with Crippen molar-refractivity contribution >= 4 is 11.7 Å². The van der Waals surface area contributed by atoms with Crippen LogP contribution in [0.2, 0.25) is 0 Å². The highest BCUT2D eigenvalue weighted by atomic mass is 16.5. The molecule has 0 aliphatic carbocycles. The topological polar surface area (TPSA) is 41.6 Å². The summed E-state index contributed by atoms with van der Waals surface area (Å²) in [4.78, 5) is 14.5. The number of nitrogens with zero attached hydrogens (tertiary/aromatic N) is 1. The fourth-order valence-electron chi connectivity index (χ4n) is 3.39. The molecule has 1 aromatic rings. The third kappa shape index (κ3) is 2.64. The van der Waals surface area contributed by atoms with Gasteiger partial charge in [-0.05, 0) is 45.2 Å². The lowest BCUT2D eigenvalue weighted by atomic mass is 9.76. The van der Waals surface area contributed by atoms with Crippen molar-refractivity contribution in [2.75, 3.05) is 24.7 Å². The zero-order valence-electron chi connectivity index (χ0n) is 13.1. The summed E-state index contributed by atoms with van der Waals surface area (Å²) in [6.07, 6.45) is 1.98. The molecule has 0 unspecified atom stereocenters. The Kier molecular flexibility index (Phi) is 3.44. The van der Waals surface area contributed by atoms with E-state index in [1.54, 1.807) is 0 Å². The van der Waals surface area contributed by atoms with Crippen molar-refractivity contribution in [3.63, 3.8) is 0 Å². The molecule has 2 aliphatic heterocycles. The molecule has 3 rings (SSSR count). The first-order chi connectivity index (χ1) is 9.91. The normalized spacial score (nSPS) is 20.4. The van der Waals surface area contributed by atoms with Crippen LogP contribution in [-0.4, -0.2) is 31.3 Å². The molecule has 1 N–H and O–H groups in total. The van der Waals surface area contributed by atoms with Gasteiger partial charge in [0, 0.05) is 36.4 Å². The fourth-order valence-corrected chi connectivity index (χ4v) is 3.39. The smallest absolute Gasteiger partial charge is 0.322 e. The highest BCUT2D eigenvalue weighted by Gasteiger charge is 2.45. The van der Waals surface area contributed by atoms with Crippen LogP contribution in [0.3, 0.4) is 0 Å². The number of hydrogen-bond acceptors (Lipinski definition) is 2. The van der Waals surface area contributed by atoms with Crippen LogP contribution in [0.4, 0.5) is 10.5 Å². The number of carbonyl (C=O) groups excluding carboxylic acids is 1. The van der Waals surface area contributed by atoms with E-state index >= 15 is 0 Å². The number of urea groups is 1. The lowest BCUT2D eigenvalue weighted by Gasteiger charge is -2.34. The van der Waals surface area contributed by atoms with Crippen LogP contribution in [0.15, 0.2) is 24.3 Å². The van der Waals surface area contributed by atoms with Gasteiger partial charge in [0.15, 0.2) is 0 Å². The molecule has 4 nitrogen and oxygen atoms in total. The Bertz CT molecular complexity index is 542. The molecule has 0 atom stereocenters. The average molecular weight is 288 g/mol. The van der Waals surface area contributed by atoms with Crippen molar-refractivity contribution in [2.24, 2.45) is 0 Å². The summed E-state index contributed by atoms with van der Waals surface area (Å²) in [6, 6.07) is 8.31. The predicted octanol–water partition coefficient (Wildman–Crippen LogP) is 3.06. The number of nitrogens with one attached hydrogen (secondary N) is 1. The van der Waals surface area contributed by atoms with Gasteiger partial charge in [-0.25, -0.2) is 4.79 Å². The van der Waals surface area contributed by atoms with Crippen molar-refractivity contribution in [3.05, 3.63) is 29.8 Å². The Morgan fingerprint density at radius 1 is 1.24 bits per heavy atom. The highest BCUT2D eigenvalue weighted by molar-refractivity contribution is 5.95. The standard InChI is InChI=1S/C17H24N2O2/c1-16(2,3)18-15(20)19-12-17(8-10-21-11-9-17)13-6-4-5-7-14(13)19/h4-7H,8-12H2,1-3H3,(H,18,20). The quantitative estimate of drug-likeness (QED) is 0.797. The van der Waals surface area contributed by atoms with Gasteiger partial charge in [-0.2, -0.15) is 0 Å². The van der Waals surface area contributed by atoms with Gasteiger partial charge in [0.25, 0.3) is 0 Å². The summed E-state index contributed by atoms with van der Waals surface area (Å²) in [7, 11) is 0. The summed E-state index contributed by atoms with van der Waals surface area (Å²) < 4.78 is 5.53. The Labute approximate surface area is 126 Å².